The quantitative estimate of drug-likeness (QED) is 0.758. The van der Waals surface area contributed by atoms with Crippen molar-refractivity contribution in [1.29, 1.82) is 0 Å². The molecule has 138 valence electrons. The Morgan fingerprint density at radius 2 is 2.08 bits per heavy atom. The Morgan fingerprint density at radius 1 is 1.23 bits per heavy atom. The second-order valence-corrected chi connectivity index (χ2v) is 7.18. The van der Waals surface area contributed by atoms with Crippen LogP contribution >= 0.6 is 0 Å². The van der Waals surface area contributed by atoms with Crippen molar-refractivity contribution in [3.63, 3.8) is 0 Å². The molecule has 7 heteroatoms. The normalized spacial score (nSPS) is 25.9. The first-order chi connectivity index (χ1) is 12.7. The number of rotatable bonds is 5. The van der Waals surface area contributed by atoms with Gasteiger partial charge in [-0.2, -0.15) is 0 Å². The molecule has 4 rings (SSSR count). The van der Waals surface area contributed by atoms with E-state index in [1.54, 1.807) is 0 Å². The third-order valence-corrected chi connectivity index (χ3v) is 5.12. The fourth-order valence-corrected chi connectivity index (χ4v) is 3.56. The van der Waals surface area contributed by atoms with Gasteiger partial charge in [0.2, 0.25) is 11.9 Å². The number of aliphatic hydroxyl groups excluding tert-OH is 1. The Balaban J connectivity index is 1.41. The van der Waals surface area contributed by atoms with Gasteiger partial charge >= 0.3 is 0 Å². The molecule has 0 spiro atoms. The lowest BCUT2D eigenvalue weighted by atomic mass is 9.93. The number of hydrogen-bond donors (Lipinski definition) is 3. The van der Waals surface area contributed by atoms with Crippen LogP contribution in [-0.2, 0) is 4.79 Å². The van der Waals surface area contributed by atoms with Crippen molar-refractivity contribution in [3.05, 3.63) is 24.4 Å². The number of hydrogen-bond acceptors (Lipinski definition) is 6. The number of aromatic nitrogens is 2. The van der Waals surface area contributed by atoms with Crippen LogP contribution in [0.4, 0.5) is 5.95 Å². The van der Waals surface area contributed by atoms with E-state index in [0.717, 1.165) is 48.8 Å². The number of amides is 1. The van der Waals surface area contributed by atoms with Gasteiger partial charge in [0.25, 0.3) is 0 Å². The van der Waals surface area contributed by atoms with E-state index in [1.807, 2.05) is 24.4 Å². The number of carbonyl (C=O) groups excluding carboxylic acids is 1. The molecule has 3 N–H and O–H groups in total. The first-order valence-corrected chi connectivity index (χ1v) is 9.29. The molecule has 0 radical (unpaired) electrons. The molecular formula is C19H24N4O3. The molecule has 1 amide bonds. The highest BCUT2D eigenvalue weighted by Gasteiger charge is 2.21. The maximum atomic E-state index is 11.3. The van der Waals surface area contributed by atoms with Gasteiger partial charge in [0.05, 0.1) is 17.7 Å². The van der Waals surface area contributed by atoms with Crippen LogP contribution in [0, 0.1) is 0 Å². The van der Waals surface area contributed by atoms with Gasteiger partial charge in [-0.1, -0.05) is 0 Å². The minimum absolute atomic E-state index is 0.0856. The lowest BCUT2D eigenvalue weighted by Crippen LogP contribution is -2.30. The summed E-state index contributed by atoms with van der Waals surface area (Å²) < 4.78 is 5.82. The molecule has 1 aliphatic carbocycles. The van der Waals surface area contributed by atoms with Crippen molar-refractivity contribution in [2.75, 3.05) is 11.9 Å². The van der Waals surface area contributed by atoms with Crippen LogP contribution in [0.1, 0.15) is 38.5 Å². The van der Waals surface area contributed by atoms with Crippen molar-refractivity contribution in [2.45, 2.75) is 56.7 Å². The van der Waals surface area contributed by atoms with Crippen molar-refractivity contribution >= 4 is 22.8 Å². The van der Waals surface area contributed by atoms with Crippen LogP contribution in [-0.4, -0.2) is 45.8 Å². The van der Waals surface area contributed by atoms with E-state index in [2.05, 4.69) is 20.6 Å². The predicted molar refractivity (Wildman–Crippen MR) is 98.1 cm³/mol. The molecule has 2 aromatic rings. The Kier molecular flexibility index (Phi) is 4.88. The molecular weight excluding hydrogens is 332 g/mol. The summed E-state index contributed by atoms with van der Waals surface area (Å²) in [5.41, 5.74) is 0.825. The highest BCUT2D eigenvalue weighted by atomic mass is 16.5. The maximum absolute atomic E-state index is 11.3. The minimum atomic E-state index is -0.171. The number of aliphatic hydroxyl groups is 1. The van der Waals surface area contributed by atoms with Crippen LogP contribution in [0.5, 0.6) is 5.75 Å². The zero-order chi connectivity index (χ0) is 17.9. The number of anilines is 1. The monoisotopic (exact) mass is 356 g/mol. The van der Waals surface area contributed by atoms with Crippen molar-refractivity contribution in [1.82, 2.24) is 15.3 Å². The minimum Gasteiger partial charge on any atom is -0.491 e. The van der Waals surface area contributed by atoms with Crippen molar-refractivity contribution < 1.29 is 14.6 Å². The lowest BCUT2D eigenvalue weighted by Gasteiger charge is -2.26. The number of nitrogens with zero attached hydrogens (tertiary/aromatic N) is 2. The van der Waals surface area contributed by atoms with Crippen LogP contribution in [0.15, 0.2) is 24.4 Å². The summed E-state index contributed by atoms with van der Waals surface area (Å²) in [5.74, 6) is 1.44. The number of nitrogens with one attached hydrogen (secondary N) is 2. The van der Waals surface area contributed by atoms with E-state index in [1.165, 1.54) is 0 Å². The molecule has 2 heterocycles. The van der Waals surface area contributed by atoms with Crippen molar-refractivity contribution in [2.24, 2.45) is 0 Å². The summed E-state index contributed by atoms with van der Waals surface area (Å²) >= 11 is 0. The van der Waals surface area contributed by atoms with E-state index >= 15 is 0 Å². The number of benzene rings is 1. The standard InChI is InChI=1S/C19H24N4O3/c24-15-5-2-13(3-6-15)22-19-20-10-12-1-7-16(9-17(12)23-19)26-11-14-4-8-18(25)21-14/h1,7,9-10,13-15,24H,2-6,8,11H2,(H,21,25)(H,20,22,23)/t13?,14-,15?/m1/s1. The number of ether oxygens (including phenoxy) is 1. The van der Waals surface area contributed by atoms with Crippen LogP contribution in [0.2, 0.25) is 0 Å². The van der Waals surface area contributed by atoms with Gasteiger partial charge < -0.3 is 20.5 Å². The highest BCUT2D eigenvalue weighted by molar-refractivity contribution is 5.80. The molecule has 2 fully saturated rings. The van der Waals surface area contributed by atoms with E-state index < -0.39 is 0 Å². The van der Waals surface area contributed by atoms with E-state index in [4.69, 9.17) is 4.74 Å². The van der Waals surface area contributed by atoms with Crippen LogP contribution in [0.3, 0.4) is 0 Å². The summed E-state index contributed by atoms with van der Waals surface area (Å²) in [4.78, 5) is 20.3. The zero-order valence-corrected chi connectivity index (χ0v) is 14.6. The average Bonchev–Trinajstić information content (AvgIpc) is 3.07. The SMILES string of the molecule is O=C1CC[C@H](COc2ccc3cnc(NC4CCC(O)CC4)nc3c2)N1. The second-order valence-electron chi connectivity index (χ2n) is 7.18. The summed E-state index contributed by atoms with van der Waals surface area (Å²) in [7, 11) is 0. The van der Waals surface area contributed by atoms with Gasteiger partial charge in [-0.15, -0.1) is 0 Å². The predicted octanol–water partition coefficient (Wildman–Crippen LogP) is 2.00. The molecule has 0 unspecified atom stereocenters. The molecule has 1 aromatic heterocycles. The molecule has 1 saturated heterocycles. The highest BCUT2D eigenvalue weighted by Crippen LogP contribution is 2.23. The summed E-state index contributed by atoms with van der Waals surface area (Å²) in [6, 6.07) is 6.14. The van der Waals surface area contributed by atoms with Crippen LogP contribution in [0.25, 0.3) is 10.9 Å². The van der Waals surface area contributed by atoms with Gasteiger partial charge in [0.1, 0.15) is 12.4 Å². The van der Waals surface area contributed by atoms with Gasteiger partial charge in [0.15, 0.2) is 0 Å². The summed E-state index contributed by atoms with van der Waals surface area (Å²) in [6.45, 7) is 0.470. The van der Waals surface area contributed by atoms with Gasteiger partial charge in [-0.25, -0.2) is 9.97 Å². The maximum Gasteiger partial charge on any atom is 0.223 e. The first-order valence-electron chi connectivity index (χ1n) is 9.29. The molecule has 1 aliphatic heterocycles. The Morgan fingerprint density at radius 3 is 2.85 bits per heavy atom. The van der Waals surface area contributed by atoms with Gasteiger partial charge in [0, 0.05) is 30.1 Å². The van der Waals surface area contributed by atoms with Gasteiger partial charge in [-0.3, -0.25) is 4.79 Å². The molecule has 1 aromatic carbocycles. The third kappa shape index (κ3) is 4.04. The van der Waals surface area contributed by atoms with E-state index in [9.17, 15) is 9.90 Å². The Bertz CT molecular complexity index is 789. The first kappa shape index (κ1) is 17.0. The molecule has 2 aliphatic rings. The smallest absolute Gasteiger partial charge is 0.223 e. The zero-order valence-electron chi connectivity index (χ0n) is 14.6. The average molecular weight is 356 g/mol. The Hall–Kier alpha value is -2.41. The molecule has 26 heavy (non-hydrogen) atoms. The summed E-state index contributed by atoms with van der Waals surface area (Å²) in [6.07, 6.45) is 6.53. The molecule has 1 saturated carbocycles. The fraction of sp³-hybridized carbons (Fsp3) is 0.526. The molecule has 0 bridgehead atoms. The third-order valence-electron chi connectivity index (χ3n) is 5.12. The largest absolute Gasteiger partial charge is 0.491 e. The van der Waals surface area contributed by atoms with E-state index in [0.29, 0.717) is 25.0 Å². The molecule has 7 nitrogen and oxygen atoms in total. The van der Waals surface area contributed by atoms with E-state index in [-0.39, 0.29) is 18.1 Å². The lowest BCUT2D eigenvalue weighted by molar-refractivity contribution is -0.119. The summed E-state index contributed by atoms with van der Waals surface area (Å²) in [5, 5.41) is 16.8. The Labute approximate surface area is 152 Å². The van der Waals surface area contributed by atoms with Crippen LogP contribution < -0.4 is 15.4 Å². The molecule has 1 atom stereocenters. The van der Waals surface area contributed by atoms with Gasteiger partial charge in [-0.05, 0) is 44.2 Å². The fourth-order valence-electron chi connectivity index (χ4n) is 3.56. The van der Waals surface area contributed by atoms with Crippen molar-refractivity contribution in [3.8, 4) is 5.75 Å². The second kappa shape index (κ2) is 7.45. The topological polar surface area (TPSA) is 96.4 Å². The number of carbonyl (C=O) groups is 1. The number of fused-ring (bicyclic) bond motifs is 1.